The molecule has 1 N–H and O–H groups in total. The molecule has 5 nitrogen and oxygen atoms in total. The van der Waals surface area contributed by atoms with Crippen molar-refractivity contribution in [3.8, 4) is 5.69 Å². The average molecular weight is 333 g/mol. The van der Waals surface area contributed by atoms with E-state index in [4.69, 9.17) is 0 Å². The number of rotatable bonds is 4. The van der Waals surface area contributed by atoms with Crippen LogP contribution in [0.25, 0.3) is 5.69 Å². The van der Waals surface area contributed by atoms with Crippen LogP contribution in [-0.2, 0) is 6.42 Å². The number of aromatic nitrogens is 2. The van der Waals surface area contributed by atoms with Gasteiger partial charge in [0.25, 0.3) is 5.91 Å². The monoisotopic (exact) mass is 333 g/mol. The first kappa shape index (κ1) is 16.6. The second kappa shape index (κ2) is 7.13. The van der Waals surface area contributed by atoms with E-state index in [9.17, 15) is 9.59 Å². The van der Waals surface area contributed by atoms with Crippen LogP contribution in [0.1, 0.15) is 28.5 Å². The third-order valence-corrected chi connectivity index (χ3v) is 3.91. The molecule has 1 aromatic heterocycles. The molecular formula is C20H19N3O2. The maximum absolute atomic E-state index is 12.5. The molecule has 0 unspecified atom stereocenters. The fraction of sp³-hybridized carbons (Fsp3) is 0.150. The van der Waals surface area contributed by atoms with E-state index >= 15 is 0 Å². The van der Waals surface area contributed by atoms with E-state index in [1.54, 1.807) is 6.20 Å². The predicted octanol–water partition coefficient (Wildman–Crippen LogP) is 3.36. The van der Waals surface area contributed by atoms with Crippen LogP contribution in [0, 0.1) is 6.92 Å². The van der Waals surface area contributed by atoms with Crippen LogP contribution in [-0.4, -0.2) is 15.7 Å². The first-order chi connectivity index (χ1) is 12.1. The van der Waals surface area contributed by atoms with Crippen molar-refractivity contribution in [3.05, 3.63) is 87.8 Å². The number of hydrogen-bond donors (Lipinski definition) is 1. The van der Waals surface area contributed by atoms with Gasteiger partial charge >= 0.3 is 0 Å². The van der Waals surface area contributed by atoms with Gasteiger partial charge in [-0.2, -0.15) is 5.10 Å². The first-order valence-corrected chi connectivity index (χ1v) is 8.14. The Bertz CT molecular complexity index is 959. The summed E-state index contributed by atoms with van der Waals surface area (Å²) in [7, 11) is 0. The first-order valence-electron chi connectivity index (χ1n) is 8.14. The van der Waals surface area contributed by atoms with Gasteiger partial charge in [0.05, 0.1) is 5.69 Å². The lowest BCUT2D eigenvalue weighted by Gasteiger charge is -2.09. The number of carbonyl (C=O) groups is 1. The molecule has 25 heavy (non-hydrogen) atoms. The van der Waals surface area contributed by atoms with Crippen molar-refractivity contribution in [1.29, 1.82) is 0 Å². The predicted molar refractivity (Wildman–Crippen MR) is 98.3 cm³/mol. The summed E-state index contributed by atoms with van der Waals surface area (Å²) in [4.78, 5) is 24.5. The Labute approximate surface area is 145 Å². The Morgan fingerprint density at radius 3 is 2.56 bits per heavy atom. The highest BCUT2D eigenvalue weighted by molar-refractivity contribution is 6.02. The molecule has 3 aromatic rings. The van der Waals surface area contributed by atoms with Crippen LogP contribution in [0.3, 0.4) is 0 Å². The van der Waals surface area contributed by atoms with Gasteiger partial charge < -0.3 is 5.32 Å². The minimum absolute atomic E-state index is 0.136. The molecular weight excluding hydrogens is 314 g/mol. The molecule has 0 saturated heterocycles. The van der Waals surface area contributed by atoms with Crippen LogP contribution in [0.4, 0.5) is 5.69 Å². The summed E-state index contributed by atoms with van der Waals surface area (Å²) in [5.41, 5.74) is 3.13. The van der Waals surface area contributed by atoms with Gasteiger partial charge in [-0.05, 0) is 48.7 Å². The Balaban J connectivity index is 1.89. The summed E-state index contributed by atoms with van der Waals surface area (Å²) in [5, 5.41) is 6.93. The van der Waals surface area contributed by atoms with Gasteiger partial charge in [0.15, 0.2) is 5.69 Å². The average Bonchev–Trinajstić information content (AvgIpc) is 2.62. The lowest BCUT2D eigenvalue weighted by molar-refractivity contribution is 0.101. The third-order valence-electron chi connectivity index (χ3n) is 3.91. The second-order valence-electron chi connectivity index (χ2n) is 5.82. The van der Waals surface area contributed by atoms with Gasteiger partial charge in [-0.25, -0.2) is 4.68 Å². The summed E-state index contributed by atoms with van der Waals surface area (Å²) < 4.78 is 1.53. The molecule has 2 aromatic carbocycles. The number of nitrogens with zero attached hydrogens (tertiary/aromatic N) is 2. The normalized spacial score (nSPS) is 10.5. The number of anilines is 1. The van der Waals surface area contributed by atoms with Crippen LogP contribution in [0.2, 0.25) is 0 Å². The zero-order valence-electron chi connectivity index (χ0n) is 14.2. The molecule has 0 spiro atoms. The van der Waals surface area contributed by atoms with E-state index in [2.05, 4.69) is 17.3 Å². The van der Waals surface area contributed by atoms with E-state index in [0.717, 1.165) is 17.7 Å². The van der Waals surface area contributed by atoms with E-state index in [0.29, 0.717) is 5.69 Å². The molecule has 0 aliphatic carbocycles. The van der Waals surface area contributed by atoms with Crippen molar-refractivity contribution in [1.82, 2.24) is 9.78 Å². The zero-order chi connectivity index (χ0) is 17.8. The minimum Gasteiger partial charge on any atom is -0.320 e. The quantitative estimate of drug-likeness (QED) is 0.796. The van der Waals surface area contributed by atoms with E-state index in [1.165, 1.54) is 16.3 Å². The molecule has 5 heteroatoms. The van der Waals surface area contributed by atoms with Gasteiger partial charge in [-0.15, -0.1) is 0 Å². The molecule has 1 heterocycles. The second-order valence-corrected chi connectivity index (χ2v) is 5.82. The van der Waals surface area contributed by atoms with Gasteiger partial charge in [-0.1, -0.05) is 31.2 Å². The fourth-order valence-electron chi connectivity index (χ4n) is 2.49. The van der Waals surface area contributed by atoms with E-state index in [1.807, 2.05) is 55.5 Å². The SMILES string of the molecule is CCc1ccc(NC(=O)c2nn(-c3cccc(C)c3)ccc2=O)cc1. The smallest absolute Gasteiger partial charge is 0.280 e. The van der Waals surface area contributed by atoms with Crippen molar-refractivity contribution in [2.75, 3.05) is 5.32 Å². The van der Waals surface area contributed by atoms with Gasteiger partial charge in [0, 0.05) is 18.0 Å². The van der Waals surface area contributed by atoms with Gasteiger partial charge in [0.2, 0.25) is 5.43 Å². The summed E-state index contributed by atoms with van der Waals surface area (Å²) in [6.45, 7) is 4.04. The zero-order valence-corrected chi connectivity index (χ0v) is 14.2. The van der Waals surface area contributed by atoms with E-state index in [-0.39, 0.29) is 5.69 Å². The fourth-order valence-corrected chi connectivity index (χ4v) is 2.49. The van der Waals surface area contributed by atoms with Crippen molar-refractivity contribution in [2.45, 2.75) is 20.3 Å². The number of aryl methyl sites for hydroxylation is 2. The van der Waals surface area contributed by atoms with Crippen molar-refractivity contribution >= 4 is 11.6 Å². The Kier molecular flexibility index (Phi) is 4.75. The third kappa shape index (κ3) is 3.83. The molecule has 0 aliphatic rings. The van der Waals surface area contributed by atoms with Crippen LogP contribution >= 0.6 is 0 Å². The Morgan fingerprint density at radius 2 is 1.88 bits per heavy atom. The number of carbonyl (C=O) groups excluding carboxylic acids is 1. The minimum atomic E-state index is -0.517. The van der Waals surface area contributed by atoms with Crippen LogP contribution in [0.15, 0.2) is 65.6 Å². The molecule has 0 atom stereocenters. The Morgan fingerprint density at radius 1 is 1.12 bits per heavy atom. The lowest BCUT2D eigenvalue weighted by atomic mass is 10.1. The summed E-state index contributed by atoms with van der Waals surface area (Å²) in [6.07, 6.45) is 2.49. The number of amides is 1. The van der Waals surface area contributed by atoms with E-state index < -0.39 is 11.3 Å². The highest BCUT2D eigenvalue weighted by Gasteiger charge is 2.13. The molecule has 0 radical (unpaired) electrons. The molecule has 3 rings (SSSR count). The number of nitrogens with one attached hydrogen (secondary N) is 1. The van der Waals surface area contributed by atoms with Crippen molar-refractivity contribution in [3.63, 3.8) is 0 Å². The molecule has 0 fully saturated rings. The largest absolute Gasteiger partial charge is 0.320 e. The van der Waals surface area contributed by atoms with Gasteiger partial charge in [-0.3, -0.25) is 9.59 Å². The molecule has 1 amide bonds. The summed E-state index contributed by atoms with van der Waals surface area (Å²) in [5.74, 6) is -0.517. The van der Waals surface area contributed by atoms with Gasteiger partial charge in [0.1, 0.15) is 0 Å². The lowest BCUT2D eigenvalue weighted by Crippen LogP contribution is -2.25. The number of benzene rings is 2. The highest BCUT2D eigenvalue weighted by Crippen LogP contribution is 2.11. The maximum atomic E-state index is 12.5. The molecule has 0 saturated carbocycles. The topological polar surface area (TPSA) is 64.0 Å². The number of hydrogen-bond acceptors (Lipinski definition) is 3. The van der Waals surface area contributed by atoms with Crippen LogP contribution < -0.4 is 10.7 Å². The Hall–Kier alpha value is -3.21. The van der Waals surface area contributed by atoms with Crippen molar-refractivity contribution < 1.29 is 4.79 Å². The highest BCUT2D eigenvalue weighted by atomic mass is 16.2. The summed E-state index contributed by atoms with van der Waals surface area (Å²) in [6, 6.07) is 16.6. The van der Waals surface area contributed by atoms with Crippen LogP contribution in [0.5, 0.6) is 0 Å². The summed E-state index contributed by atoms with van der Waals surface area (Å²) >= 11 is 0. The maximum Gasteiger partial charge on any atom is 0.280 e. The molecule has 0 bridgehead atoms. The standard InChI is InChI=1S/C20H19N3O2/c1-3-15-7-9-16(10-8-15)21-20(25)19-18(24)11-12-23(22-19)17-6-4-5-14(2)13-17/h4-13H,3H2,1-2H3,(H,21,25). The van der Waals surface area contributed by atoms with Crippen molar-refractivity contribution in [2.24, 2.45) is 0 Å². The molecule has 126 valence electrons. The molecule has 0 aliphatic heterocycles.